The summed E-state index contributed by atoms with van der Waals surface area (Å²) in [4.78, 5) is 5.05. The van der Waals surface area contributed by atoms with Crippen LogP contribution in [0.2, 0.25) is 0 Å². The van der Waals surface area contributed by atoms with E-state index in [0.29, 0.717) is 25.2 Å². The van der Waals surface area contributed by atoms with Crippen LogP contribution in [-0.4, -0.2) is 55.5 Å². The van der Waals surface area contributed by atoms with E-state index in [-0.39, 0.29) is 0 Å². The summed E-state index contributed by atoms with van der Waals surface area (Å²) in [5.74, 6) is 1.85. The normalized spacial score (nSPS) is 19.5. The van der Waals surface area contributed by atoms with Gasteiger partial charge < -0.3 is 25.8 Å². The Morgan fingerprint density at radius 1 is 1.03 bits per heavy atom. The largest absolute Gasteiger partial charge is 0.491 e. The van der Waals surface area contributed by atoms with Gasteiger partial charge in [-0.2, -0.15) is 0 Å². The second-order valence-corrected chi connectivity index (χ2v) is 9.46. The number of aliphatic hydroxyl groups is 1. The molecule has 4 N–H and O–H groups in total. The Hall–Kier alpha value is -1.79. The Kier molecular flexibility index (Phi) is 11.2. The number of benzene rings is 1. The lowest BCUT2D eigenvalue weighted by molar-refractivity contribution is 0.106. The third-order valence-electron chi connectivity index (χ3n) is 6.56. The van der Waals surface area contributed by atoms with Crippen molar-refractivity contribution in [1.82, 2.24) is 16.0 Å². The van der Waals surface area contributed by atoms with E-state index in [9.17, 15) is 5.11 Å². The van der Waals surface area contributed by atoms with Crippen molar-refractivity contribution in [3.8, 4) is 5.75 Å². The van der Waals surface area contributed by atoms with Gasteiger partial charge in [-0.3, -0.25) is 0 Å². The average molecular weight is 445 g/mol. The van der Waals surface area contributed by atoms with Crippen molar-refractivity contribution in [2.75, 3.05) is 26.2 Å². The van der Waals surface area contributed by atoms with Gasteiger partial charge in [-0.25, -0.2) is 4.99 Å². The standard InChI is InChI=1S/C26H44N4O2/c1-21-11-8-9-16-25(21)32-20-24(31)19-27-17-10-18-28-26(29-22-12-4-2-5-13-22)30-23-14-6-3-7-15-23/h8-9,11,16,22-24,27,31H,2-7,10,12-15,17-20H2,1H3,(H2,28,29,30). The number of aryl methyl sites for hydroxylation is 1. The number of ether oxygens (including phenoxy) is 1. The molecule has 1 aromatic rings. The molecule has 6 heteroatoms. The van der Waals surface area contributed by atoms with Crippen molar-refractivity contribution in [2.24, 2.45) is 4.99 Å². The lowest BCUT2D eigenvalue weighted by atomic mass is 9.95. The predicted molar refractivity (Wildman–Crippen MR) is 132 cm³/mol. The molecular weight excluding hydrogens is 400 g/mol. The van der Waals surface area contributed by atoms with E-state index in [1.807, 2.05) is 31.2 Å². The van der Waals surface area contributed by atoms with Crippen LogP contribution in [0.5, 0.6) is 5.75 Å². The number of para-hydroxylation sites is 1. The zero-order valence-corrected chi connectivity index (χ0v) is 20.0. The van der Waals surface area contributed by atoms with Crippen molar-refractivity contribution in [3.05, 3.63) is 29.8 Å². The van der Waals surface area contributed by atoms with Crippen LogP contribution in [0.25, 0.3) is 0 Å². The molecule has 6 nitrogen and oxygen atoms in total. The summed E-state index contributed by atoms with van der Waals surface area (Å²) in [5.41, 5.74) is 1.09. The molecular formula is C26H44N4O2. The SMILES string of the molecule is Cc1ccccc1OCC(O)CNCCCN/C(=N\C1CCCCC1)NC1CCCCC1. The molecule has 0 saturated heterocycles. The molecule has 0 aliphatic heterocycles. The molecule has 0 aromatic heterocycles. The molecule has 32 heavy (non-hydrogen) atoms. The number of aliphatic imine (C=N–C) groups is 1. The van der Waals surface area contributed by atoms with Crippen molar-refractivity contribution in [2.45, 2.75) is 95.7 Å². The second kappa shape index (κ2) is 14.4. The molecule has 1 atom stereocenters. The molecule has 0 bridgehead atoms. The van der Waals surface area contributed by atoms with Crippen LogP contribution < -0.4 is 20.7 Å². The molecule has 2 fully saturated rings. The maximum absolute atomic E-state index is 10.2. The minimum atomic E-state index is -0.515. The van der Waals surface area contributed by atoms with Crippen LogP contribution in [0.3, 0.4) is 0 Å². The van der Waals surface area contributed by atoms with Crippen molar-refractivity contribution in [3.63, 3.8) is 0 Å². The molecule has 1 unspecified atom stereocenters. The third-order valence-corrected chi connectivity index (χ3v) is 6.56. The van der Waals surface area contributed by atoms with Gasteiger partial charge in [0.15, 0.2) is 5.96 Å². The van der Waals surface area contributed by atoms with E-state index in [1.54, 1.807) is 0 Å². The number of guanidine groups is 1. The summed E-state index contributed by atoms with van der Waals surface area (Å²) < 4.78 is 5.73. The summed E-state index contributed by atoms with van der Waals surface area (Å²) in [5, 5.41) is 20.8. The highest BCUT2D eigenvalue weighted by Crippen LogP contribution is 2.21. The van der Waals surface area contributed by atoms with Gasteiger partial charge in [0.05, 0.1) is 6.04 Å². The van der Waals surface area contributed by atoms with Crippen molar-refractivity contribution < 1.29 is 9.84 Å². The van der Waals surface area contributed by atoms with Gasteiger partial charge in [0, 0.05) is 19.1 Å². The van der Waals surface area contributed by atoms with Crippen molar-refractivity contribution >= 4 is 5.96 Å². The highest BCUT2D eigenvalue weighted by atomic mass is 16.5. The van der Waals surface area contributed by atoms with Gasteiger partial charge >= 0.3 is 0 Å². The molecule has 0 radical (unpaired) electrons. The zero-order chi connectivity index (χ0) is 22.4. The number of rotatable bonds is 11. The number of hydrogen-bond acceptors (Lipinski definition) is 4. The molecule has 0 heterocycles. The first-order valence-electron chi connectivity index (χ1n) is 12.9. The van der Waals surface area contributed by atoms with E-state index < -0.39 is 6.10 Å². The summed E-state index contributed by atoms with van der Waals surface area (Å²) in [6, 6.07) is 8.94. The van der Waals surface area contributed by atoms with Gasteiger partial charge in [0.1, 0.15) is 18.5 Å². The smallest absolute Gasteiger partial charge is 0.191 e. The summed E-state index contributed by atoms with van der Waals surface area (Å²) in [6.07, 6.45) is 13.4. The van der Waals surface area contributed by atoms with Gasteiger partial charge in [-0.15, -0.1) is 0 Å². The molecule has 180 valence electrons. The minimum absolute atomic E-state index is 0.305. The number of aliphatic hydroxyl groups excluding tert-OH is 1. The monoisotopic (exact) mass is 444 g/mol. The quantitative estimate of drug-likeness (QED) is 0.236. The minimum Gasteiger partial charge on any atom is -0.491 e. The highest BCUT2D eigenvalue weighted by Gasteiger charge is 2.17. The molecule has 0 spiro atoms. The molecule has 1 aromatic carbocycles. The van der Waals surface area contributed by atoms with E-state index in [1.165, 1.54) is 64.2 Å². The maximum atomic E-state index is 10.2. The fourth-order valence-corrected chi connectivity index (χ4v) is 4.62. The molecule has 0 amide bonds. The Morgan fingerprint density at radius 3 is 2.50 bits per heavy atom. The topological polar surface area (TPSA) is 77.9 Å². The first kappa shape index (κ1) is 24.8. The average Bonchev–Trinajstić information content (AvgIpc) is 2.82. The van der Waals surface area contributed by atoms with Gasteiger partial charge in [0.2, 0.25) is 0 Å². The second-order valence-electron chi connectivity index (χ2n) is 9.46. The van der Waals surface area contributed by atoms with Crippen LogP contribution in [0.1, 0.15) is 76.2 Å². The number of nitrogens with zero attached hydrogens (tertiary/aromatic N) is 1. The highest BCUT2D eigenvalue weighted by molar-refractivity contribution is 5.80. The Bertz CT molecular complexity index is 670. The van der Waals surface area contributed by atoms with E-state index in [4.69, 9.17) is 9.73 Å². The molecule has 2 saturated carbocycles. The van der Waals surface area contributed by atoms with Gasteiger partial charge in [0.25, 0.3) is 0 Å². The predicted octanol–water partition coefficient (Wildman–Crippen LogP) is 3.92. The maximum Gasteiger partial charge on any atom is 0.191 e. The first-order chi connectivity index (χ1) is 15.7. The van der Waals surface area contributed by atoms with Crippen LogP contribution in [0.15, 0.2) is 29.3 Å². The molecule has 2 aliphatic rings. The Balaban J connectivity index is 1.32. The van der Waals surface area contributed by atoms with Gasteiger partial charge in [-0.1, -0.05) is 56.7 Å². The van der Waals surface area contributed by atoms with E-state index in [0.717, 1.165) is 36.8 Å². The van der Waals surface area contributed by atoms with Gasteiger partial charge in [-0.05, 0) is 57.2 Å². The Labute approximate surface area is 194 Å². The number of hydrogen-bond donors (Lipinski definition) is 4. The third kappa shape index (κ3) is 9.37. The van der Waals surface area contributed by atoms with E-state index >= 15 is 0 Å². The fourth-order valence-electron chi connectivity index (χ4n) is 4.62. The van der Waals surface area contributed by atoms with Crippen LogP contribution in [-0.2, 0) is 0 Å². The molecule has 2 aliphatic carbocycles. The summed E-state index contributed by atoms with van der Waals surface area (Å²) in [6.45, 7) is 4.60. The zero-order valence-electron chi connectivity index (χ0n) is 20.0. The Morgan fingerprint density at radius 2 is 1.75 bits per heavy atom. The lowest BCUT2D eigenvalue weighted by Gasteiger charge is -2.27. The lowest BCUT2D eigenvalue weighted by Crippen LogP contribution is -2.45. The summed E-state index contributed by atoms with van der Waals surface area (Å²) >= 11 is 0. The number of nitrogens with one attached hydrogen (secondary N) is 3. The fraction of sp³-hybridized carbons (Fsp3) is 0.731. The first-order valence-corrected chi connectivity index (χ1v) is 12.9. The van der Waals surface area contributed by atoms with Crippen molar-refractivity contribution in [1.29, 1.82) is 0 Å². The van der Waals surface area contributed by atoms with Crippen LogP contribution >= 0.6 is 0 Å². The molecule has 3 rings (SSSR count). The summed E-state index contributed by atoms with van der Waals surface area (Å²) in [7, 11) is 0. The van der Waals surface area contributed by atoms with E-state index in [2.05, 4.69) is 16.0 Å². The van der Waals surface area contributed by atoms with Crippen LogP contribution in [0.4, 0.5) is 0 Å². The van der Waals surface area contributed by atoms with Crippen LogP contribution in [0, 0.1) is 6.92 Å².